The highest BCUT2D eigenvalue weighted by molar-refractivity contribution is 4.55. The van der Waals surface area contributed by atoms with Crippen LogP contribution in [0.1, 0.15) is 34.6 Å². The maximum Gasteiger partial charge on any atom is 0.00334 e. The monoisotopic (exact) mass is 117 g/mol. The molecule has 0 unspecified atom stereocenters. The Morgan fingerprint density at radius 1 is 1.00 bits per heavy atom. The van der Waals surface area contributed by atoms with E-state index in [0.29, 0.717) is 12.0 Å². The van der Waals surface area contributed by atoms with Crippen LogP contribution in [0.15, 0.2) is 0 Å². The molecule has 0 aliphatic heterocycles. The predicted octanol–water partition coefficient (Wildman–Crippen LogP) is 2.02. The minimum absolute atomic E-state index is 0.352. The van der Waals surface area contributed by atoms with Crippen LogP contribution in [0.2, 0.25) is 0 Å². The van der Waals surface area contributed by atoms with Gasteiger partial charge in [0.25, 0.3) is 0 Å². The van der Waals surface area contributed by atoms with Crippen LogP contribution in [0.4, 0.5) is 0 Å². The SMILES string of the molecule is CC.CC(C)[C@H](C)N. The van der Waals surface area contributed by atoms with E-state index in [1.807, 2.05) is 20.8 Å². The fourth-order valence-corrected chi connectivity index (χ4v) is 0. The molecule has 0 heterocycles. The van der Waals surface area contributed by atoms with E-state index in [9.17, 15) is 0 Å². The Morgan fingerprint density at radius 2 is 1.12 bits per heavy atom. The molecule has 0 aliphatic rings. The van der Waals surface area contributed by atoms with Crippen LogP contribution < -0.4 is 5.73 Å². The summed E-state index contributed by atoms with van der Waals surface area (Å²) in [6.07, 6.45) is 0. The Labute approximate surface area is 53.3 Å². The second-order valence-electron chi connectivity index (χ2n) is 2.10. The van der Waals surface area contributed by atoms with Crippen molar-refractivity contribution in [2.45, 2.75) is 40.7 Å². The Kier molecular flexibility index (Phi) is 9.44. The summed E-state index contributed by atoms with van der Waals surface area (Å²) in [6.45, 7) is 10.2. The third kappa shape index (κ3) is 9.35. The van der Waals surface area contributed by atoms with Crippen LogP contribution in [-0.2, 0) is 0 Å². The maximum absolute atomic E-state index is 5.44. The first-order valence-electron chi connectivity index (χ1n) is 3.40. The van der Waals surface area contributed by atoms with Gasteiger partial charge < -0.3 is 5.73 Å². The Morgan fingerprint density at radius 3 is 1.12 bits per heavy atom. The second kappa shape index (κ2) is 6.96. The van der Waals surface area contributed by atoms with Crippen molar-refractivity contribution in [3.05, 3.63) is 0 Å². The minimum Gasteiger partial charge on any atom is -0.328 e. The molecule has 52 valence electrons. The molecule has 0 amide bonds. The largest absolute Gasteiger partial charge is 0.328 e. The summed E-state index contributed by atoms with van der Waals surface area (Å²) < 4.78 is 0. The van der Waals surface area contributed by atoms with Gasteiger partial charge in [0.2, 0.25) is 0 Å². The average molecular weight is 117 g/mol. The summed E-state index contributed by atoms with van der Waals surface area (Å²) in [4.78, 5) is 0. The zero-order chi connectivity index (χ0) is 7.15. The molecule has 0 saturated carbocycles. The highest BCUT2D eigenvalue weighted by atomic mass is 14.6. The van der Waals surface area contributed by atoms with Crippen molar-refractivity contribution in [1.29, 1.82) is 0 Å². The van der Waals surface area contributed by atoms with Gasteiger partial charge in [-0.3, -0.25) is 0 Å². The third-order valence-electron chi connectivity index (χ3n) is 1.05. The molecule has 1 atom stereocenters. The van der Waals surface area contributed by atoms with E-state index in [2.05, 4.69) is 13.8 Å². The number of rotatable bonds is 1. The van der Waals surface area contributed by atoms with E-state index in [4.69, 9.17) is 5.73 Å². The van der Waals surface area contributed by atoms with Crippen LogP contribution in [0.25, 0.3) is 0 Å². The first-order chi connectivity index (χ1) is 3.64. The lowest BCUT2D eigenvalue weighted by molar-refractivity contribution is 0.529. The average Bonchev–Trinajstić information content (AvgIpc) is 1.72. The van der Waals surface area contributed by atoms with Crippen molar-refractivity contribution in [3.63, 3.8) is 0 Å². The molecule has 2 N–H and O–H groups in total. The zero-order valence-corrected chi connectivity index (χ0v) is 6.73. The molecule has 0 saturated heterocycles. The van der Waals surface area contributed by atoms with Gasteiger partial charge in [0, 0.05) is 6.04 Å². The van der Waals surface area contributed by atoms with Gasteiger partial charge in [0.05, 0.1) is 0 Å². The first kappa shape index (κ1) is 10.9. The third-order valence-corrected chi connectivity index (χ3v) is 1.05. The lowest BCUT2D eigenvalue weighted by atomic mass is 10.1. The summed E-state index contributed by atoms with van der Waals surface area (Å²) in [5.74, 6) is 0.630. The van der Waals surface area contributed by atoms with Gasteiger partial charge in [0.15, 0.2) is 0 Å². The van der Waals surface area contributed by atoms with Crippen molar-refractivity contribution in [2.24, 2.45) is 11.7 Å². The van der Waals surface area contributed by atoms with Crippen molar-refractivity contribution >= 4 is 0 Å². The Hall–Kier alpha value is -0.0400. The minimum atomic E-state index is 0.352. The normalized spacial score (nSPS) is 12.4. The molecule has 0 aliphatic carbocycles. The van der Waals surface area contributed by atoms with Gasteiger partial charge in [-0.25, -0.2) is 0 Å². The van der Waals surface area contributed by atoms with Gasteiger partial charge in [-0.05, 0) is 12.8 Å². The van der Waals surface area contributed by atoms with Gasteiger partial charge in [-0.1, -0.05) is 27.7 Å². The fraction of sp³-hybridized carbons (Fsp3) is 1.00. The van der Waals surface area contributed by atoms with E-state index < -0.39 is 0 Å². The van der Waals surface area contributed by atoms with E-state index in [1.165, 1.54) is 0 Å². The number of hydrogen-bond donors (Lipinski definition) is 1. The summed E-state index contributed by atoms with van der Waals surface area (Å²) in [5.41, 5.74) is 5.44. The molecule has 0 aromatic heterocycles. The van der Waals surface area contributed by atoms with Crippen LogP contribution >= 0.6 is 0 Å². The van der Waals surface area contributed by atoms with Gasteiger partial charge in [-0.2, -0.15) is 0 Å². The highest BCUT2D eigenvalue weighted by Gasteiger charge is 1.95. The molecule has 0 aromatic rings. The standard InChI is InChI=1S/C5H13N.C2H6/c1-4(2)5(3)6;1-2/h4-5H,6H2,1-3H3;1-2H3/t5-;/m0./s1. The van der Waals surface area contributed by atoms with Gasteiger partial charge >= 0.3 is 0 Å². The van der Waals surface area contributed by atoms with E-state index in [0.717, 1.165) is 0 Å². The molecule has 8 heavy (non-hydrogen) atoms. The van der Waals surface area contributed by atoms with Crippen molar-refractivity contribution in [2.75, 3.05) is 0 Å². The van der Waals surface area contributed by atoms with Crippen LogP contribution in [-0.4, -0.2) is 6.04 Å². The topological polar surface area (TPSA) is 26.0 Å². The second-order valence-corrected chi connectivity index (χ2v) is 2.10. The summed E-state index contributed by atoms with van der Waals surface area (Å²) in [5, 5.41) is 0. The molecule has 1 heteroatoms. The van der Waals surface area contributed by atoms with Crippen LogP contribution in [0.3, 0.4) is 0 Å². The Balaban J connectivity index is 0. The van der Waals surface area contributed by atoms with Crippen molar-refractivity contribution in [1.82, 2.24) is 0 Å². The molecular formula is C7H19N. The molecule has 0 bridgehead atoms. The molecular weight excluding hydrogens is 98.1 g/mol. The molecule has 1 nitrogen and oxygen atoms in total. The van der Waals surface area contributed by atoms with E-state index in [-0.39, 0.29) is 0 Å². The lowest BCUT2D eigenvalue weighted by Crippen LogP contribution is -2.21. The lowest BCUT2D eigenvalue weighted by Gasteiger charge is -2.05. The van der Waals surface area contributed by atoms with E-state index >= 15 is 0 Å². The summed E-state index contributed by atoms with van der Waals surface area (Å²) in [6, 6.07) is 0.352. The smallest absolute Gasteiger partial charge is 0.00334 e. The maximum atomic E-state index is 5.44. The molecule has 0 rings (SSSR count). The van der Waals surface area contributed by atoms with Crippen LogP contribution in [0, 0.1) is 5.92 Å². The highest BCUT2D eigenvalue weighted by Crippen LogP contribution is 1.93. The summed E-state index contributed by atoms with van der Waals surface area (Å²) in [7, 11) is 0. The Bertz CT molecular complexity index is 25.4. The first-order valence-corrected chi connectivity index (χ1v) is 3.40. The number of hydrogen-bond acceptors (Lipinski definition) is 1. The molecule has 0 aromatic carbocycles. The molecule has 0 fully saturated rings. The van der Waals surface area contributed by atoms with Crippen molar-refractivity contribution < 1.29 is 0 Å². The fourth-order valence-electron chi connectivity index (χ4n) is 0. The quantitative estimate of drug-likeness (QED) is 0.558. The number of nitrogens with two attached hydrogens (primary N) is 1. The zero-order valence-electron chi connectivity index (χ0n) is 6.73. The van der Waals surface area contributed by atoms with Crippen LogP contribution in [0.5, 0.6) is 0 Å². The predicted molar refractivity (Wildman–Crippen MR) is 39.8 cm³/mol. The van der Waals surface area contributed by atoms with E-state index in [1.54, 1.807) is 0 Å². The van der Waals surface area contributed by atoms with Gasteiger partial charge in [0.1, 0.15) is 0 Å². The molecule has 0 spiro atoms. The summed E-state index contributed by atoms with van der Waals surface area (Å²) >= 11 is 0. The van der Waals surface area contributed by atoms with Crippen molar-refractivity contribution in [3.8, 4) is 0 Å². The van der Waals surface area contributed by atoms with Gasteiger partial charge in [-0.15, -0.1) is 0 Å². The molecule has 0 radical (unpaired) electrons.